The standard InChI is InChI=1S/C19H19FN6O2S/c1-12(18(28)22-13-6-5-9-21-11-13)29-19-25-24-16(26(19)2)10-17(27)23-15-8-4-3-7-14(15)20/h3-9,11-12H,10H2,1-2H3,(H,22,28)(H,23,27). The molecule has 0 saturated heterocycles. The molecule has 0 aliphatic rings. The summed E-state index contributed by atoms with van der Waals surface area (Å²) in [4.78, 5) is 28.5. The van der Waals surface area contributed by atoms with Gasteiger partial charge >= 0.3 is 0 Å². The Kier molecular flexibility index (Phi) is 6.55. The van der Waals surface area contributed by atoms with Crippen molar-refractivity contribution in [3.8, 4) is 0 Å². The van der Waals surface area contributed by atoms with Gasteiger partial charge in [0.05, 0.1) is 29.2 Å². The largest absolute Gasteiger partial charge is 0.324 e. The van der Waals surface area contributed by atoms with Crippen LogP contribution in [-0.2, 0) is 23.1 Å². The Bertz CT molecular complexity index is 1010. The molecule has 1 atom stereocenters. The van der Waals surface area contributed by atoms with E-state index < -0.39 is 17.0 Å². The van der Waals surface area contributed by atoms with Gasteiger partial charge in [0.15, 0.2) is 5.16 Å². The smallest absolute Gasteiger partial charge is 0.237 e. The van der Waals surface area contributed by atoms with E-state index in [-0.39, 0.29) is 18.0 Å². The van der Waals surface area contributed by atoms with Crippen molar-refractivity contribution < 1.29 is 14.0 Å². The molecule has 8 nitrogen and oxygen atoms in total. The quantitative estimate of drug-likeness (QED) is 0.577. The van der Waals surface area contributed by atoms with Crippen molar-refractivity contribution in [2.45, 2.75) is 23.8 Å². The molecule has 0 aliphatic heterocycles. The zero-order valence-corrected chi connectivity index (χ0v) is 16.6. The van der Waals surface area contributed by atoms with Gasteiger partial charge in [-0.1, -0.05) is 23.9 Å². The predicted molar refractivity (Wildman–Crippen MR) is 108 cm³/mol. The molecule has 0 radical (unpaired) electrons. The summed E-state index contributed by atoms with van der Waals surface area (Å²) in [5.74, 6) is -0.723. The first-order chi connectivity index (χ1) is 13.9. The number of amides is 2. The second-order valence-electron chi connectivity index (χ2n) is 6.15. The number of carbonyl (C=O) groups is 2. The van der Waals surface area contributed by atoms with Crippen LogP contribution >= 0.6 is 11.8 Å². The maximum atomic E-state index is 13.7. The molecule has 3 rings (SSSR count). The molecule has 0 bridgehead atoms. The van der Waals surface area contributed by atoms with Crippen LogP contribution < -0.4 is 10.6 Å². The number of thioether (sulfide) groups is 1. The highest BCUT2D eigenvalue weighted by atomic mass is 32.2. The summed E-state index contributed by atoms with van der Waals surface area (Å²) in [5, 5.41) is 13.4. The molecule has 2 heterocycles. The molecule has 3 aromatic rings. The van der Waals surface area contributed by atoms with Crippen molar-refractivity contribution in [1.29, 1.82) is 0 Å². The van der Waals surface area contributed by atoms with Gasteiger partial charge in [-0.25, -0.2) is 4.39 Å². The van der Waals surface area contributed by atoms with Crippen LogP contribution in [0, 0.1) is 5.82 Å². The lowest BCUT2D eigenvalue weighted by molar-refractivity contribution is -0.116. The second kappa shape index (κ2) is 9.28. The number of para-hydroxylation sites is 1. The van der Waals surface area contributed by atoms with E-state index in [0.717, 1.165) is 0 Å². The minimum absolute atomic E-state index is 0.0747. The third kappa shape index (κ3) is 5.38. The van der Waals surface area contributed by atoms with E-state index >= 15 is 0 Å². The molecule has 2 N–H and O–H groups in total. The number of pyridine rings is 1. The summed E-state index contributed by atoms with van der Waals surface area (Å²) >= 11 is 1.22. The molecule has 1 aromatic carbocycles. The number of benzene rings is 1. The molecular weight excluding hydrogens is 395 g/mol. The Balaban J connectivity index is 1.59. The first-order valence-electron chi connectivity index (χ1n) is 8.74. The van der Waals surface area contributed by atoms with Gasteiger partial charge in [0.1, 0.15) is 11.6 Å². The predicted octanol–water partition coefficient (Wildman–Crippen LogP) is 2.65. The van der Waals surface area contributed by atoms with E-state index in [4.69, 9.17) is 0 Å². The fourth-order valence-electron chi connectivity index (χ4n) is 2.39. The average Bonchev–Trinajstić information content (AvgIpc) is 3.04. The first kappa shape index (κ1) is 20.5. The number of carbonyl (C=O) groups excluding carboxylic acids is 2. The number of nitrogens with zero attached hydrogens (tertiary/aromatic N) is 4. The summed E-state index contributed by atoms with van der Waals surface area (Å²) in [6.45, 7) is 1.75. The number of halogens is 1. The first-order valence-corrected chi connectivity index (χ1v) is 9.62. The molecular formula is C19H19FN6O2S. The normalized spacial score (nSPS) is 11.7. The van der Waals surface area contributed by atoms with Crippen molar-refractivity contribution in [2.75, 3.05) is 10.6 Å². The molecule has 0 aliphatic carbocycles. The molecule has 1 unspecified atom stereocenters. The van der Waals surface area contributed by atoms with Gasteiger partial charge < -0.3 is 15.2 Å². The van der Waals surface area contributed by atoms with Gasteiger partial charge in [-0.15, -0.1) is 10.2 Å². The van der Waals surface area contributed by atoms with Crippen LogP contribution in [0.3, 0.4) is 0 Å². The van der Waals surface area contributed by atoms with Crippen LogP contribution in [-0.4, -0.2) is 36.8 Å². The summed E-state index contributed by atoms with van der Waals surface area (Å²) in [6, 6.07) is 9.40. The van der Waals surface area contributed by atoms with E-state index in [1.165, 1.54) is 23.9 Å². The maximum absolute atomic E-state index is 13.7. The van der Waals surface area contributed by atoms with Gasteiger partial charge in [-0.05, 0) is 31.2 Å². The molecule has 150 valence electrons. The highest BCUT2D eigenvalue weighted by molar-refractivity contribution is 8.00. The van der Waals surface area contributed by atoms with E-state index in [0.29, 0.717) is 16.7 Å². The number of nitrogens with one attached hydrogen (secondary N) is 2. The van der Waals surface area contributed by atoms with Crippen molar-refractivity contribution in [2.24, 2.45) is 7.05 Å². The van der Waals surface area contributed by atoms with E-state index in [1.807, 2.05) is 0 Å². The lowest BCUT2D eigenvalue weighted by Gasteiger charge is -2.11. The molecule has 29 heavy (non-hydrogen) atoms. The summed E-state index contributed by atoms with van der Waals surface area (Å²) < 4.78 is 15.3. The number of rotatable bonds is 7. The van der Waals surface area contributed by atoms with Crippen molar-refractivity contribution >= 4 is 35.0 Å². The van der Waals surface area contributed by atoms with Gasteiger partial charge in [0, 0.05) is 13.2 Å². The van der Waals surface area contributed by atoms with Crippen LogP contribution in [0.1, 0.15) is 12.7 Å². The summed E-state index contributed by atoms with van der Waals surface area (Å²) in [5.41, 5.74) is 0.711. The highest BCUT2D eigenvalue weighted by Gasteiger charge is 2.20. The SMILES string of the molecule is CC(Sc1nnc(CC(=O)Nc2ccccc2F)n1C)C(=O)Nc1cccnc1. The minimum atomic E-state index is -0.511. The van der Waals surface area contributed by atoms with Gasteiger partial charge in [-0.3, -0.25) is 14.6 Å². The second-order valence-corrected chi connectivity index (χ2v) is 7.46. The van der Waals surface area contributed by atoms with Gasteiger partial charge in [-0.2, -0.15) is 0 Å². The molecule has 0 fully saturated rings. The Morgan fingerprint density at radius 1 is 1.17 bits per heavy atom. The molecule has 10 heteroatoms. The third-order valence-corrected chi connectivity index (χ3v) is 5.11. The zero-order chi connectivity index (χ0) is 20.8. The Morgan fingerprint density at radius 3 is 2.69 bits per heavy atom. The fourth-order valence-corrected chi connectivity index (χ4v) is 3.23. The number of anilines is 2. The van der Waals surface area contributed by atoms with Crippen LogP contribution in [0.2, 0.25) is 0 Å². The molecule has 0 spiro atoms. The molecule has 2 amide bonds. The van der Waals surface area contributed by atoms with Crippen molar-refractivity contribution in [3.63, 3.8) is 0 Å². The lowest BCUT2D eigenvalue weighted by atomic mass is 10.3. The number of hydrogen-bond acceptors (Lipinski definition) is 6. The van der Waals surface area contributed by atoms with E-state index in [9.17, 15) is 14.0 Å². The maximum Gasteiger partial charge on any atom is 0.237 e. The number of aromatic nitrogens is 4. The minimum Gasteiger partial charge on any atom is -0.324 e. The monoisotopic (exact) mass is 414 g/mol. The molecule has 2 aromatic heterocycles. The van der Waals surface area contributed by atoms with Crippen LogP contribution in [0.5, 0.6) is 0 Å². The fraction of sp³-hybridized carbons (Fsp3) is 0.211. The Hall–Kier alpha value is -3.27. The third-order valence-electron chi connectivity index (χ3n) is 3.97. The van der Waals surface area contributed by atoms with E-state index in [2.05, 4.69) is 25.8 Å². The number of hydrogen-bond donors (Lipinski definition) is 2. The van der Waals surface area contributed by atoms with Crippen molar-refractivity contribution in [3.05, 3.63) is 60.4 Å². The highest BCUT2D eigenvalue weighted by Crippen LogP contribution is 2.23. The van der Waals surface area contributed by atoms with Crippen molar-refractivity contribution in [1.82, 2.24) is 19.7 Å². The lowest BCUT2D eigenvalue weighted by Crippen LogP contribution is -2.23. The van der Waals surface area contributed by atoms with Crippen LogP contribution in [0.25, 0.3) is 0 Å². The summed E-state index contributed by atoms with van der Waals surface area (Å²) in [7, 11) is 1.71. The zero-order valence-electron chi connectivity index (χ0n) is 15.8. The van der Waals surface area contributed by atoms with Gasteiger partial charge in [0.2, 0.25) is 11.8 Å². The summed E-state index contributed by atoms with van der Waals surface area (Å²) in [6.07, 6.45) is 3.11. The molecule has 0 saturated carbocycles. The van der Waals surface area contributed by atoms with E-state index in [1.54, 1.807) is 55.2 Å². The van der Waals surface area contributed by atoms with Gasteiger partial charge in [0.25, 0.3) is 0 Å². The Labute approximate surface area is 170 Å². The Morgan fingerprint density at radius 2 is 1.97 bits per heavy atom. The topological polar surface area (TPSA) is 102 Å². The van der Waals surface area contributed by atoms with Crippen LogP contribution in [0.4, 0.5) is 15.8 Å². The van der Waals surface area contributed by atoms with Crippen LogP contribution in [0.15, 0.2) is 53.9 Å². The average molecular weight is 414 g/mol.